The molecule has 0 heterocycles. The smallest absolute Gasteiger partial charge is 0.303 e. The molecule has 11 heteroatoms. The number of hydrogen-bond donors (Lipinski definition) is 3. The molecule has 0 unspecified atom stereocenters. The molecular weight excluding hydrogens is 496 g/mol. The Morgan fingerprint density at radius 1 is 1.03 bits per heavy atom. The van der Waals surface area contributed by atoms with E-state index in [0.29, 0.717) is 6.42 Å². The second-order valence-corrected chi connectivity index (χ2v) is 10.7. The third kappa shape index (κ3) is 14.4. The minimum absolute atomic E-state index is 0.0702. The fourth-order valence-electron chi connectivity index (χ4n) is 2.83. The van der Waals surface area contributed by atoms with Crippen LogP contribution in [-0.2, 0) is 19.4 Å². The molecule has 1 rings (SSSR count). The van der Waals surface area contributed by atoms with E-state index in [4.69, 9.17) is 28.3 Å². The van der Waals surface area contributed by atoms with Crippen molar-refractivity contribution in [2.24, 2.45) is 0 Å². The lowest BCUT2D eigenvalue weighted by molar-refractivity contribution is -0.137. The maximum atomic E-state index is 12.9. The van der Waals surface area contributed by atoms with Gasteiger partial charge in [-0.1, -0.05) is 80.8 Å². The number of halogens is 3. The minimum atomic E-state index is -3.36. The van der Waals surface area contributed by atoms with Gasteiger partial charge in [0, 0.05) is 12.7 Å². The van der Waals surface area contributed by atoms with Crippen LogP contribution in [0.15, 0.2) is 29.2 Å². The van der Waals surface area contributed by atoms with Crippen molar-refractivity contribution in [2.75, 3.05) is 12.9 Å². The lowest BCUT2D eigenvalue weighted by atomic mass is 10.0. The number of carbonyl (C=O) groups excluding carboxylic acids is 1. The third-order valence-electron chi connectivity index (χ3n) is 4.72. The molecule has 0 aliphatic carbocycles. The van der Waals surface area contributed by atoms with Gasteiger partial charge < -0.3 is 15.5 Å². The summed E-state index contributed by atoms with van der Waals surface area (Å²) in [5.41, 5.74) is 0.256. The topological polar surface area (TPSA) is 121 Å². The van der Waals surface area contributed by atoms with E-state index in [1.807, 2.05) is 0 Å². The van der Waals surface area contributed by atoms with Crippen molar-refractivity contribution >= 4 is 44.9 Å². The van der Waals surface area contributed by atoms with Gasteiger partial charge in [-0.3, -0.25) is 9.59 Å². The Bertz CT molecular complexity index is 806. The molecule has 2 atom stereocenters. The van der Waals surface area contributed by atoms with Crippen LogP contribution in [0.25, 0.3) is 0 Å². The number of carboxylic acids is 1. The van der Waals surface area contributed by atoms with Crippen molar-refractivity contribution in [3.05, 3.63) is 29.8 Å². The van der Waals surface area contributed by atoms with E-state index in [1.165, 1.54) is 56.4 Å². The number of aliphatic carboxylic acids is 1. The quantitative estimate of drug-likeness (QED) is 0.239. The summed E-state index contributed by atoms with van der Waals surface area (Å²) in [6, 6.07) is 4.03. The Morgan fingerprint density at radius 3 is 1.97 bits per heavy atom. The van der Waals surface area contributed by atoms with E-state index >= 15 is 0 Å². The maximum Gasteiger partial charge on any atom is 0.303 e. The standard InChI is InChI=1S/C12H14Cl2FNO4S.C10H20O2/c1-21(19,20)8-4-2-7(3-5-8)10(17)9(6-15)16-12(18)11(13)14;1-2-3-4-5-6-7-8-9-10(11)12/h2-5,9-11,17H,6H2,1H3,(H,16,18);2-9H2,1H3,(H,11,12)/t9-,10-;/m1./s1. The zero-order valence-corrected chi connectivity index (χ0v) is 21.3. The van der Waals surface area contributed by atoms with Crippen LogP contribution in [0.3, 0.4) is 0 Å². The van der Waals surface area contributed by atoms with Gasteiger partial charge in [-0.25, -0.2) is 12.8 Å². The molecule has 0 radical (unpaired) electrons. The van der Waals surface area contributed by atoms with E-state index in [-0.39, 0.29) is 10.5 Å². The first-order valence-electron chi connectivity index (χ1n) is 10.8. The van der Waals surface area contributed by atoms with Crippen LogP contribution in [-0.4, -0.2) is 54.3 Å². The molecule has 0 aliphatic rings. The largest absolute Gasteiger partial charge is 0.481 e. The van der Waals surface area contributed by atoms with Crippen LogP contribution in [0.5, 0.6) is 0 Å². The average molecular weight is 530 g/mol. The highest BCUT2D eigenvalue weighted by Gasteiger charge is 2.25. The van der Waals surface area contributed by atoms with Crippen LogP contribution in [0.1, 0.15) is 70.0 Å². The Kier molecular flexibility index (Phi) is 16.3. The van der Waals surface area contributed by atoms with E-state index in [9.17, 15) is 27.5 Å². The molecule has 1 amide bonds. The maximum absolute atomic E-state index is 12.9. The summed E-state index contributed by atoms with van der Waals surface area (Å²) in [6.07, 6.45) is 8.33. The van der Waals surface area contributed by atoms with E-state index in [2.05, 4.69) is 12.2 Å². The summed E-state index contributed by atoms with van der Waals surface area (Å²) in [6.45, 7) is 1.16. The first-order valence-corrected chi connectivity index (χ1v) is 13.5. The fourth-order valence-corrected chi connectivity index (χ4v) is 3.58. The van der Waals surface area contributed by atoms with Gasteiger partial charge in [0.25, 0.3) is 5.91 Å². The molecule has 1 aromatic rings. The van der Waals surface area contributed by atoms with Gasteiger partial charge in [0.15, 0.2) is 14.7 Å². The molecule has 0 bridgehead atoms. The number of aliphatic hydroxyl groups excluding tert-OH is 1. The SMILES string of the molecule is CCCCCCCCCC(=O)O.CS(=O)(=O)c1ccc([C@@H](O)[C@@H](CF)NC(=O)C(Cl)Cl)cc1. The van der Waals surface area contributed by atoms with Crippen molar-refractivity contribution in [3.63, 3.8) is 0 Å². The molecule has 0 fully saturated rings. The van der Waals surface area contributed by atoms with Gasteiger partial charge in [-0.2, -0.15) is 0 Å². The number of alkyl halides is 3. The zero-order chi connectivity index (χ0) is 25.4. The summed E-state index contributed by atoms with van der Waals surface area (Å²) in [7, 11) is -3.36. The number of rotatable bonds is 14. The summed E-state index contributed by atoms with van der Waals surface area (Å²) in [5, 5.41) is 20.5. The van der Waals surface area contributed by atoms with Gasteiger partial charge >= 0.3 is 5.97 Å². The van der Waals surface area contributed by atoms with Gasteiger partial charge in [0.05, 0.1) is 10.9 Å². The molecule has 0 aromatic heterocycles. The van der Waals surface area contributed by atoms with Gasteiger partial charge in [-0.15, -0.1) is 0 Å². The van der Waals surface area contributed by atoms with Gasteiger partial charge in [0.1, 0.15) is 12.8 Å². The van der Waals surface area contributed by atoms with Gasteiger partial charge in [-0.05, 0) is 24.1 Å². The number of aliphatic hydroxyl groups is 1. The van der Waals surface area contributed by atoms with E-state index in [0.717, 1.165) is 19.1 Å². The van der Waals surface area contributed by atoms with Crippen molar-refractivity contribution in [1.29, 1.82) is 0 Å². The second-order valence-electron chi connectivity index (χ2n) is 7.62. The number of unbranched alkanes of at least 4 members (excludes halogenated alkanes) is 6. The van der Waals surface area contributed by atoms with Crippen molar-refractivity contribution in [3.8, 4) is 0 Å². The van der Waals surface area contributed by atoms with Crippen LogP contribution < -0.4 is 5.32 Å². The summed E-state index contributed by atoms with van der Waals surface area (Å²) < 4.78 is 35.6. The highest BCUT2D eigenvalue weighted by atomic mass is 35.5. The van der Waals surface area contributed by atoms with E-state index < -0.39 is 45.4 Å². The number of sulfone groups is 1. The zero-order valence-electron chi connectivity index (χ0n) is 19.0. The number of hydrogen-bond acceptors (Lipinski definition) is 5. The Labute approximate surface area is 205 Å². The predicted molar refractivity (Wildman–Crippen MR) is 128 cm³/mol. The third-order valence-corrected chi connectivity index (χ3v) is 6.24. The number of amides is 1. The Hall–Kier alpha value is -1.42. The summed E-state index contributed by atoms with van der Waals surface area (Å²) in [4.78, 5) is 20.1. The minimum Gasteiger partial charge on any atom is -0.481 e. The van der Waals surface area contributed by atoms with Gasteiger partial charge in [0.2, 0.25) is 0 Å². The molecule has 1 aromatic carbocycles. The van der Waals surface area contributed by atoms with Crippen LogP contribution in [0, 0.1) is 0 Å². The second kappa shape index (κ2) is 17.1. The van der Waals surface area contributed by atoms with Crippen molar-refractivity contribution in [1.82, 2.24) is 5.32 Å². The molecule has 7 nitrogen and oxygen atoms in total. The molecule has 0 aliphatic heterocycles. The molecule has 0 spiro atoms. The highest BCUT2D eigenvalue weighted by molar-refractivity contribution is 7.90. The first-order chi connectivity index (χ1) is 15.4. The highest BCUT2D eigenvalue weighted by Crippen LogP contribution is 2.20. The summed E-state index contributed by atoms with van der Waals surface area (Å²) in [5.74, 6) is -1.49. The van der Waals surface area contributed by atoms with Crippen LogP contribution >= 0.6 is 23.2 Å². The fraction of sp³-hybridized carbons (Fsp3) is 0.636. The number of carbonyl (C=O) groups is 2. The first kappa shape index (κ1) is 31.6. The molecule has 0 saturated heterocycles. The molecular formula is C22H34Cl2FNO6S. The molecule has 190 valence electrons. The Balaban J connectivity index is 0.000000728. The Morgan fingerprint density at radius 2 is 1.55 bits per heavy atom. The monoisotopic (exact) mass is 529 g/mol. The summed E-state index contributed by atoms with van der Waals surface area (Å²) >= 11 is 10.7. The van der Waals surface area contributed by atoms with Crippen molar-refractivity contribution in [2.45, 2.75) is 80.2 Å². The van der Waals surface area contributed by atoms with Crippen molar-refractivity contribution < 1.29 is 32.6 Å². The normalized spacial score (nSPS) is 13.1. The predicted octanol–water partition coefficient (Wildman–Crippen LogP) is 4.59. The van der Waals surface area contributed by atoms with E-state index in [1.54, 1.807) is 0 Å². The number of carboxylic acid groups (broad SMARTS) is 1. The van der Waals surface area contributed by atoms with Crippen LogP contribution in [0.2, 0.25) is 0 Å². The number of benzene rings is 1. The molecule has 0 saturated carbocycles. The number of nitrogens with one attached hydrogen (secondary N) is 1. The molecule has 33 heavy (non-hydrogen) atoms. The lowest BCUT2D eigenvalue weighted by Crippen LogP contribution is -2.43. The average Bonchev–Trinajstić information content (AvgIpc) is 2.76. The molecule has 3 N–H and O–H groups in total. The lowest BCUT2D eigenvalue weighted by Gasteiger charge is -2.22. The van der Waals surface area contributed by atoms with Crippen LogP contribution in [0.4, 0.5) is 4.39 Å².